The van der Waals surface area contributed by atoms with Crippen molar-refractivity contribution in [3.05, 3.63) is 29.8 Å². The van der Waals surface area contributed by atoms with Crippen molar-refractivity contribution >= 4 is 11.6 Å². The molecular weight excluding hydrogens is 261 g/mol. The van der Waals surface area contributed by atoms with Crippen molar-refractivity contribution in [3.63, 3.8) is 0 Å². The molecule has 8 heteroatoms. The van der Waals surface area contributed by atoms with Crippen molar-refractivity contribution in [3.8, 4) is 0 Å². The predicted octanol–water partition coefficient (Wildman–Crippen LogP) is 2.48. The molecule has 3 nitrogen and oxygen atoms in total. The molecule has 0 spiro atoms. The first-order chi connectivity index (χ1) is 8.28. The van der Waals surface area contributed by atoms with Gasteiger partial charge in [-0.15, -0.1) is 0 Å². The largest absolute Gasteiger partial charge is 0.411 e. The van der Waals surface area contributed by atoms with Crippen LogP contribution >= 0.6 is 0 Å². The van der Waals surface area contributed by atoms with Crippen LogP contribution in [0.3, 0.4) is 0 Å². The Labute approximate surface area is 98.5 Å². The smallest absolute Gasteiger partial charge is 0.362 e. The van der Waals surface area contributed by atoms with Crippen LogP contribution in [0.4, 0.5) is 27.6 Å². The van der Waals surface area contributed by atoms with E-state index in [1.54, 1.807) is 0 Å². The average Bonchev–Trinajstić information content (AvgIpc) is 2.21. The molecule has 0 saturated heterocycles. The average molecular weight is 269 g/mol. The van der Waals surface area contributed by atoms with Crippen LogP contribution in [0.2, 0.25) is 0 Å². The lowest BCUT2D eigenvalue weighted by atomic mass is 10.3. The first-order valence-electron chi connectivity index (χ1n) is 4.67. The van der Waals surface area contributed by atoms with Gasteiger partial charge in [-0.1, -0.05) is 0 Å². The third kappa shape index (κ3) is 5.09. The maximum atomic E-state index is 13.0. The molecular formula is C10H8F5NO2. The van der Waals surface area contributed by atoms with Gasteiger partial charge < -0.3 is 10.1 Å². The number of amides is 1. The summed E-state index contributed by atoms with van der Waals surface area (Å²) in [6, 6.07) is 2.32. The minimum Gasteiger partial charge on any atom is -0.362 e. The van der Waals surface area contributed by atoms with E-state index < -0.39 is 42.6 Å². The first-order valence-corrected chi connectivity index (χ1v) is 4.67. The molecule has 0 heterocycles. The second-order valence-corrected chi connectivity index (χ2v) is 3.28. The summed E-state index contributed by atoms with van der Waals surface area (Å²) in [6.07, 6.45) is -4.55. The molecule has 1 N–H and O–H groups in total. The number of anilines is 1. The standard InChI is InChI=1S/C10H8F5NO2/c11-6-1-2-7(12)8(3-6)16-9(17)4-18-5-10(13,14)15/h1-3H,4-5H2,(H,16,17). The molecule has 1 aromatic carbocycles. The zero-order chi connectivity index (χ0) is 13.8. The molecule has 1 rings (SSSR count). The van der Waals surface area contributed by atoms with E-state index in [0.717, 1.165) is 12.1 Å². The second kappa shape index (κ2) is 5.76. The van der Waals surface area contributed by atoms with Crippen LogP contribution in [-0.4, -0.2) is 25.3 Å². The molecule has 0 aliphatic carbocycles. The zero-order valence-electron chi connectivity index (χ0n) is 8.85. The Kier molecular flexibility index (Phi) is 4.60. The summed E-state index contributed by atoms with van der Waals surface area (Å²) in [5.41, 5.74) is -0.462. The highest BCUT2D eigenvalue weighted by Crippen LogP contribution is 2.16. The lowest BCUT2D eigenvalue weighted by Gasteiger charge is -2.08. The van der Waals surface area contributed by atoms with E-state index in [1.807, 2.05) is 5.32 Å². The summed E-state index contributed by atoms with van der Waals surface area (Å²) >= 11 is 0. The molecule has 1 amide bonds. The molecule has 0 aliphatic rings. The summed E-state index contributed by atoms with van der Waals surface area (Å²) in [5.74, 6) is -2.70. The number of carbonyl (C=O) groups excluding carboxylic acids is 1. The summed E-state index contributed by atoms with van der Waals surface area (Å²) < 4.78 is 64.8. The van der Waals surface area contributed by atoms with Gasteiger partial charge in [0.15, 0.2) is 0 Å². The predicted molar refractivity (Wildman–Crippen MR) is 51.9 cm³/mol. The Morgan fingerprint density at radius 1 is 1.28 bits per heavy atom. The third-order valence-electron chi connectivity index (χ3n) is 1.70. The number of nitrogens with one attached hydrogen (secondary N) is 1. The molecule has 1 aromatic rings. The first kappa shape index (κ1) is 14.4. The highest BCUT2D eigenvalue weighted by atomic mass is 19.4. The zero-order valence-corrected chi connectivity index (χ0v) is 8.85. The SMILES string of the molecule is O=C(COCC(F)(F)F)Nc1cc(F)ccc1F. The number of halogens is 5. The number of carbonyl (C=O) groups is 1. The Morgan fingerprint density at radius 3 is 2.56 bits per heavy atom. The minimum absolute atomic E-state index is 0.462. The summed E-state index contributed by atoms with van der Waals surface area (Å²) in [4.78, 5) is 11.1. The van der Waals surface area contributed by atoms with Gasteiger partial charge in [-0.3, -0.25) is 4.79 Å². The molecule has 0 aliphatic heterocycles. The fourth-order valence-electron chi connectivity index (χ4n) is 1.04. The van der Waals surface area contributed by atoms with Gasteiger partial charge in [0.1, 0.15) is 24.8 Å². The molecule has 0 bridgehead atoms. The molecule has 0 fully saturated rings. The van der Waals surface area contributed by atoms with E-state index in [-0.39, 0.29) is 0 Å². The van der Waals surface area contributed by atoms with E-state index in [9.17, 15) is 26.7 Å². The van der Waals surface area contributed by atoms with E-state index in [4.69, 9.17) is 0 Å². The number of hydrogen-bond donors (Lipinski definition) is 1. The lowest BCUT2D eigenvalue weighted by molar-refractivity contribution is -0.174. The molecule has 100 valence electrons. The van der Waals surface area contributed by atoms with Gasteiger partial charge in [-0.2, -0.15) is 13.2 Å². The summed E-state index contributed by atoms with van der Waals surface area (Å²) in [7, 11) is 0. The summed E-state index contributed by atoms with van der Waals surface area (Å²) in [6.45, 7) is -2.50. The molecule has 0 saturated carbocycles. The van der Waals surface area contributed by atoms with Gasteiger partial charge in [0.25, 0.3) is 0 Å². The quantitative estimate of drug-likeness (QED) is 0.853. The number of benzene rings is 1. The van der Waals surface area contributed by atoms with Crippen molar-refractivity contribution in [2.75, 3.05) is 18.5 Å². The van der Waals surface area contributed by atoms with Crippen LogP contribution in [0.25, 0.3) is 0 Å². The lowest BCUT2D eigenvalue weighted by Crippen LogP contribution is -2.24. The van der Waals surface area contributed by atoms with E-state index in [2.05, 4.69) is 4.74 Å². The fourth-order valence-corrected chi connectivity index (χ4v) is 1.04. The Morgan fingerprint density at radius 2 is 1.94 bits per heavy atom. The van der Waals surface area contributed by atoms with Gasteiger partial charge in [0.2, 0.25) is 5.91 Å². The van der Waals surface area contributed by atoms with Crippen molar-refractivity contribution < 1.29 is 31.5 Å². The van der Waals surface area contributed by atoms with Crippen LogP contribution < -0.4 is 5.32 Å². The Bertz CT molecular complexity index is 433. The van der Waals surface area contributed by atoms with Gasteiger partial charge in [-0.25, -0.2) is 8.78 Å². The maximum Gasteiger partial charge on any atom is 0.411 e. The van der Waals surface area contributed by atoms with Gasteiger partial charge in [0, 0.05) is 6.07 Å². The Balaban J connectivity index is 2.47. The van der Waals surface area contributed by atoms with E-state index >= 15 is 0 Å². The van der Waals surface area contributed by atoms with Crippen molar-refractivity contribution in [2.24, 2.45) is 0 Å². The van der Waals surface area contributed by atoms with Crippen molar-refractivity contribution in [1.29, 1.82) is 0 Å². The molecule has 0 atom stereocenters. The van der Waals surface area contributed by atoms with Crippen LogP contribution in [0.1, 0.15) is 0 Å². The Hall–Kier alpha value is -1.70. The highest BCUT2D eigenvalue weighted by molar-refractivity contribution is 5.91. The third-order valence-corrected chi connectivity index (χ3v) is 1.70. The molecule has 0 unspecified atom stereocenters. The van der Waals surface area contributed by atoms with Gasteiger partial charge in [0.05, 0.1) is 5.69 Å². The monoisotopic (exact) mass is 269 g/mol. The fraction of sp³-hybridized carbons (Fsp3) is 0.300. The second-order valence-electron chi connectivity index (χ2n) is 3.28. The minimum atomic E-state index is -4.55. The van der Waals surface area contributed by atoms with Crippen molar-refractivity contribution in [1.82, 2.24) is 0 Å². The number of rotatable bonds is 4. The number of hydrogen-bond acceptors (Lipinski definition) is 2. The topological polar surface area (TPSA) is 38.3 Å². The normalized spacial score (nSPS) is 11.4. The van der Waals surface area contributed by atoms with Crippen LogP contribution in [0.5, 0.6) is 0 Å². The molecule has 0 radical (unpaired) electrons. The maximum absolute atomic E-state index is 13.0. The van der Waals surface area contributed by atoms with E-state index in [0.29, 0.717) is 6.07 Å². The van der Waals surface area contributed by atoms with Crippen LogP contribution in [0, 0.1) is 11.6 Å². The number of ether oxygens (including phenoxy) is 1. The van der Waals surface area contributed by atoms with E-state index in [1.165, 1.54) is 0 Å². The molecule has 18 heavy (non-hydrogen) atoms. The van der Waals surface area contributed by atoms with Crippen LogP contribution in [0.15, 0.2) is 18.2 Å². The molecule has 0 aromatic heterocycles. The highest BCUT2D eigenvalue weighted by Gasteiger charge is 2.27. The van der Waals surface area contributed by atoms with Gasteiger partial charge >= 0.3 is 6.18 Å². The summed E-state index contributed by atoms with van der Waals surface area (Å²) in [5, 5.41) is 1.89. The van der Waals surface area contributed by atoms with Crippen molar-refractivity contribution in [2.45, 2.75) is 6.18 Å². The van der Waals surface area contributed by atoms with Crippen LogP contribution in [-0.2, 0) is 9.53 Å². The number of alkyl halides is 3. The van der Waals surface area contributed by atoms with Gasteiger partial charge in [-0.05, 0) is 12.1 Å².